The maximum atomic E-state index is 12.3. The first-order valence-electron chi connectivity index (χ1n) is 7.80. The Morgan fingerprint density at radius 3 is 2.73 bits per heavy atom. The molecular weight excluding hydrogens is 340 g/mol. The molecule has 0 unspecified atom stereocenters. The van der Waals surface area contributed by atoms with Gasteiger partial charge in [0.1, 0.15) is 17.5 Å². The number of hydrogen-bond acceptors (Lipinski definition) is 7. The Kier molecular flexibility index (Phi) is 6.31. The van der Waals surface area contributed by atoms with Crippen LogP contribution in [-0.4, -0.2) is 36.1 Å². The Morgan fingerprint density at radius 1 is 1.31 bits per heavy atom. The minimum absolute atomic E-state index is 0.0437. The van der Waals surface area contributed by atoms with Gasteiger partial charge >= 0.3 is 5.69 Å². The first kappa shape index (κ1) is 19.0. The van der Waals surface area contributed by atoms with E-state index in [0.29, 0.717) is 11.5 Å². The molecule has 26 heavy (non-hydrogen) atoms. The summed E-state index contributed by atoms with van der Waals surface area (Å²) in [6.07, 6.45) is 1.42. The predicted octanol–water partition coefficient (Wildman–Crippen LogP) is 2.12. The average molecular weight is 360 g/mol. The number of benzene rings is 1. The third-order valence-corrected chi connectivity index (χ3v) is 3.68. The van der Waals surface area contributed by atoms with Crippen molar-refractivity contribution in [3.8, 4) is 11.5 Å². The van der Waals surface area contributed by atoms with Crippen LogP contribution in [0.25, 0.3) is 0 Å². The summed E-state index contributed by atoms with van der Waals surface area (Å²) in [4.78, 5) is 26.7. The van der Waals surface area contributed by atoms with Gasteiger partial charge in [-0.3, -0.25) is 14.9 Å². The summed E-state index contributed by atoms with van der Waals surface area (Å²) in [5.74, 6) is 0.949. The van der Waals surface area contributed by atoms with Gasteiger partial charge in [0.25, 0.3) is 0 Å². The number of anilines is 1. The molecule has 2 rings (SSSR count). The zero-order chi connectivity index (χ0) is 19.1. The minimum Gasteiger partial charge on any atom is -0.497 e. The molecule has 0 radical (unpaired) electrons. The van der Waals surface area contributed by atoms with Crippen LogP contribution in [0.2, 0.25) is 0 Å². The normalized spacial score (nSPS) is 11.3. The fourth-order valence-corrected chi connectivity index (χ4v) is 2.26. The summed E-state index contributed by atoms with van der Waals surface area (Å²) >= 11 is 0. The number of pyridine rings is 1. The highest BCUT2D eigenvalue weighted by Gasteiger charge is 2.20. The third kappa shape index (κ3) is 4.59. The van der Waals surface area contributed by atoms with Gasteiger partial charge in [-0.1, -0.05) is 0 Å². The fourth-order valence-electron chi connectivity index (χ4n) is 2.26. The molecule has 0 aliphatic carbocycles. The average Bonchev–Trinajstić information content (AvgIpc) is 2.66. The molecule has 0 saturated heterocycles. The molecule has 9 nitrogen and oxygen atoms in total. The van der Waals surface area contributed by atoms with Crippen LogP contribution in [0.15, 0.2) is 36.5 Å². The van der Waals surface area contributed by atoms with Gasteiger partial charge in [0.2, 0.25) is 11.7 Å². The molecule has 1 heterocycles. The molecule has 1 aromatic carbocycles. The highest BCUT2D eigenvalue weighted by Crippen LogP contribution is 2.24. The van der Waals surface area contributed by atoms with Crippen molar-refractivity contribution in [2.45, 2.75) is 19.5 Å². The van der Waals surface area contributed by atoms with Crippen LogP contribution in [0.1, 0.15) is 12.5 Å². The number of nitrogens with one attached hydrogen (secondary N) is 2. The summed E-state index contributed by atoms with van der Waals surface area (Å²) in [6.45, 7) is 1.83. The SMILES string of the molecule is COc1ccc(CNC(=O)[C@H](C)Nc2ncccc2[N+](=O)[O-])c(OC)c1. The topological polar surface area (TPSA) is 116 Å². The van der Waals surface area contributed by atoms with Gasteiger partial charge < -0.3 is 20.1 Å². The lowest BCUT2D eigenvalue weighted by Gasteiger charge is -2.16. The van der Waals surface area contributed by atoms with Crippen molar-refractivity contribution in [2.24, 2.45) is 0 Å². The number of nitro groups is 1. The minimum atomic E-state index is -0.715. The van der Waals surface area contributed by atoms with Crippen LogP contribution in [-0.2, 0) is 11.3 Å². The molecule has 0 bridgehead atoms. The highest BCUT2D eigenvalue weighted by atomic mass is 16.6. The number of nitrogens with zero attached hydrogens (tertiary/aromatic N) is 2. The smallest absolute Gasteiger partial charge is 0.311 e. The van der Waals surface area contributed by atoms with Gasteiger partial charge in [-0.05, 0) is 25.1 Å². The third-order valence-electron chi connectivity index (χ3n) is 3.68. The molecule has 0 saturated carbocycles. The molecule has 0 aliphatic heterocycles. The van der Waals surface area contributed by atoms with E-state index in [1.165, 1.54) is 25.4 Å². The zero-order valence-electron chi connectivity index (χ0n) is 14.7. The van der Waals surface area contributed by atoms with Gasteiger partial charge in [-0.2, -0.15) is 0 Å². The maximum absolute atomic E-state index is 12.3. The van der Waals surface area contributed by atoms with Crippen molar-refractivity contribution < 1.29 is 19.2 Å². The highest BCUT2D eigenvalue weighted by molar-refractivity contribution is 5.84. The van der Waals surface area contributed by atoms with Crippen molar-refractivity contribution in [3.05, 3.63) is 52.2 Å². The second kappa shape index (κ2) is 8.65. The van der Waals surface area contributed by atoms with Crippen LogP contribution < -0.4 is 20.1 Å². The molecule has 0 aliphatic rings. The molecule has 2 aromatic rings. The Labute approximate surface area is 150 Å². The van der Waals surface area contributed by atoms with Gasteiger partial charge in [-0.25, -0.2) is 4.98 Å². The van der Waals surface area contributed by atoms with Crippen LogP contribution in [0.4, 0.5) is 11.5 Å². The van der Waals surface area contributed by atoms with E-state index in [2.05, 4.69) is 15.6 Å². The molecule has 138 valence electrons. The van der Waals surface area contributed by atoms with E-state index in [4.69, 9.17) is 9.47 Å². The van der Waals surface area contributed by atoms with E-state index < -0.39 is 11.0 Å². The molecule has 9 heteroatoms. The fraction of sp³-hybridized carbons (Fsp3) is 0.294. The lowest BCUT2D eigenvalue weighted by atomic mass is 10.2. The molecule has 2 N–H and O–H groups in total. The number of carbonyl (C=O) groups excluding carboxylic acids is 1. The van der Waals surface area contributed by atoms with Gasteiger partial charge in [0.05, 0.1) is 19.1 Å². The van der Waals surface area contributed by atoms with Crippen LogP contribution >= 0.6 is 0 Å². The van der Waals surface area contributed by atoms with Gasteiger partial charge in [-0.15, -0.1) is 0 Å². The predicted molar refractivity (Wildman–Crippen MR) is 95.4 cm³/mol. The van der Waals surface area contributed by atoms with E-state index in [1.54, 1.807) is 32.2 Å². The number of ether oxygens (including phenoxy) is 2. The summed E-state index contributed by atoms with van der Waals surface area (Å²) in [7, 11) is 3.09. The number of amides is 1. The molecular formula is C17H20N4O5. The molecule has 1 aromatic heterocycles. The van der Waals surface area contributed by atoms with Crippen molar-refractivity contribution in [1.82, 2.24) is 10.3 Å². The first-order valence-corrected chi connectivity index (χ1v) is 7.80. The van der Waals surface area contributed by atoms with Crippen LogP contribution in [0, 0.1) is 10.1 Å². The zero-order valence-corrected chi connectivity index (χ0v) is 14.7. The van der Waals surface area contributed by atoms with Crippen molar-refractivity contribution >= 4 is 17.4 Å². The molecule has 0 spiro atoms. The number of carbonyl (C=O) groups is 1. The van der Waals surface area contributed by atoms with Crippen molar-refractivity contribution in [1.29, 1.82) is 0 Å². The summed E-state index contributed by atoms with van der Waals surface area (Å²) in [6, 6.07) is 7.35. The van der Waals surface area contributed by atoms with Crippen LogP contribution in [0.3, 0.4) is 0 Å². The largest absolute Gasteiger partial charge is 0.497 e. The molecule has 0 fully saturated rings. The Hall–Kier alpha value is -3.36. The second-order valence-corrected chi connectivity index (χ2v) is 5.39. The maximum Gasteiger partial charge on any atom is 0.311 e. The lowest BCUT2D eigenvalue weighted by Crippen LogP contribution is -2.37. The Bertz CT molecular complexity index is 796. The number of hydrogen-bond donors (Lipinski definition) is 2. The molecule has 1 amide bonds. The van der Waals surface area contributed by atoms with Crippen molar-refractivity contribution in [2.75, 3.05) is 19.5 Å². The van der Waals surface area contributed by atoms with Gasteiger partial charge in [0.15, 0.2) is 0 Å². The Morgan fingerprint density at radius 2 is 2.08 bits per heavy atom. The summed E-state index contributed by atoms with van der Waals surface area (Å²) in [5.41, 5.74) is 0.585. The van der Waals surface area contributed by atoms with E-state index in [-0.39, 0.29) is 24.0 Å². The Balaban J connectivity index is 2.01. The monoisotopic (exact) mass is 360 g/mol. The summed E-state index contributed by atoms with van der Waals surface area (Å²) < 4.78 is 10.4. The quantitative estimate of drug-likeness (QED) is 0.547. The number of aromatic nitrogens is 1. The lowest BCUT2D eigenvalue weighted by molar-refractivity contribution is -0.384. The number of rotatable bonds is 8. The first-order chi connectivity index (χ1) is 12.5. The number of methoxy groups -OCH3 is 2. The van der Waals surface area contributed by atoms with Gasteiger partial charge in [0, 0.05) is 30.4 Å². The summed E-state index contributed by atoms with van der Waals surface area (Å²) in [5, 5.41) is 16.5. The molecule has 1 atom stereocenters. The van der Waals surface area contributed by atoms with Crippen LogP contribution in [0.5, 0.6) is 11.5 Å². The van der Waals surface area contributed by atoms with Crippen molar-refractivity contribution in [3.63, 3.8) is 0 Å². The van der Waals surface area contributed by atoms with E-state index in [0.717, 1.165) is 5.56 Å². The van der Waals surface area contributed by atoms with E-state index in [9.17, 15) is 14.9 Å². The van der Waals surface area contributed by atoms with E-state index in [1.807, 2.05) is 0 Å². The second-order valence-electron chi connectivity index (χ2n) is 5.39. The van der Waals surface area contributed by atoms with E-state index >= 15 is 0 Å². The standard InChI is InChI=1S/C17H20N4O5/c1-11(20-16-14(21(23)24)5-4-8-18-16)17(22)19-10-12-6-7-13(25-2)9-15(12)26-3/h4-9,11H,10H2,1-3H3,(H,18,20)(H,19,22)/t11-/m0/s1.